The fraction of sp³-hybridized carbons (Fsp3) is 0.650. The SMILES string of the molecule is C[C@@]12CCC3C(Cc4c[nH]c5c4[C@]3(C)C=CC5=O)C1CCC2O. The van der Waals surface area contributed by atoms with E-state index >= 15 is 0 Å². The molecule has 5 rings (SSSR count). The summed E-state index contributed by atoms with van der Waals surface area (Å²) in [6.45, 7) is 4.64. The summed E-state index contributed by atoms with van der Waals surface area (Å²) >= 11 is 0. The van der Waals surface area contributed by atoms with Gasteiger partial charge in [-0.2, -0.15) is 0 Å². The summed E-state index contributed by atoms with van der Waals surface area (Å²) in [7, 11) is 0. The van der Waals surface area contributed by atoms with E-state index in [-0.39, 0.29) is 22.7 Å². The highest BCUT2D eigenvalue weighted by molar-refractivity contribution is 6.06. The van der Waals surface area contributed by atoms with Crippen LogP contribution in [0.5, 0.6) is 0 Å². The Hall–Kier alpha value is -1.35. The normalized spacial score (nSPS) is 47.2. The number of aromatic nitrogens is 1. The Balaban J connectivity index is 1.65. The molecule has 1 aromatic rings. The standard InChI is InChI=1S/C20H25NO2/c1-19-7-5-14-12(13(19)3-4-16(19)23)9-11-10-21-18-15(22)6-8-20(14,2)17(11)18/h6,8,10,12-14,16,21,23H,3-5,7,9H2,1-2H3/t12?,13?,14?,16?,19-,20-/m1/s1. The topological polar surface area (TPSA) is 53.1 Å². The van der Waals surface area contributed by atoms with Crippen molar-refractivity contribution in [1.29, 1.82) is 0 Å². The van der Waals surface area contributed by atoms with Crippen molar-refractivity contribution in [2.45, 2.75) is 57.5 Å². The molecule has 0 bridgehead atoms. The van der Waals surface area contributed by atoms with Crippen molar-refractivity contribution in [3.63, 3.8) is 0 Å². The number of carbonyl (C=O) groups is 1. The first-order chi connectivity index (χ1) is 10.9. The molecule has 1 heterocycles. The van der Waals surface area contributed by atoms with Crippen molar-refractivity contribution < 1.29 is 9.90 Å². The minimum Gasteiger partial charge on any atom is -0.393 e. The molecule has 122 valence electrons. The minimum absolute atomic E-state index is 0.0175. The zero-order valence-corrected chi connectivity index (χ0v) is 13.9. The van der Waals surface area contributed by atoms with Gasteiger partial charge in [0.25, 0.3) is 0 Å². The molecule has 2 fully saturated rings. The Morgan fingerprint density at radius 3 is 2.87 bits per heavy atom. The van der Waals surface area contributed by atoms with Crippen molar-refractivity contribution >= 4 is 5.78 Å². The van der Waals surface area contributed by atoms with E-state index in [2.05, 4.69) is 31.1 Å². The molecule has 2 N–H and O–H groups in total. The summed E-state index contributed by atoms with van der Waals surface area (Å²) in [5, 5.41) is 10.5. The van der Waals surface area contributed by atoms with Crippen molar-refractivity contribution in [2.24, 2.45) is 23.2 Å². The first-order valence-corrected chi connectivity index (χ1v) is 9.07. The molecule has 0 amide bonds. The van der Waals surface area contributed by atoms with Crippen molar-refractivity contribution in [3.05, 3.63) is 35.2 Å². The van der Waals surface area contributed by atoms with Crippen LogP contribution in [0.25, 0.3) is 0 Å². The van der Waals surface area contributed by atoms with Crippen LogP contribution in [-0.4, -0.2) is 22.0 Å². The highest BCUT2D eigenvalue weighted by atomic mass is 16.3. The number of rotatable bonds is 0. The van der Waals surface area contributed by atoms with Crippen LogP contribution >= 0.6 is 0 Å². The Kier molecular flexibility index (Phi) is 2.55. The fourth-order valence-corrected chi connectivity index (χ4v) is 6.70. The molecule has 0 spiro atoms. The van der Waals surface area contributed by atoms with E-state index in [1.54, 1.807) is 6.08 Å². The molecule has 3 heteroatoms. The first-order valence-electron chi connectivity index (χ1n) is 9.07. The van der Waals surface area contributed by atoms with E-state index in [0.29, 0.717) is 17.8 Å². The third kappa shape index (κ3) is 1.52. The summed E-state index contributed by atoms with van der Waals surface area (Å²) in [6, 6.07) is 0. The molecule has 1 aromatic heterocycles. The van der Waals surface area contributed by atoms with Crippen LogP contribution in [0.4, 0.5) is 0 Å². The largest absolute Gasteiger partial charge is 0.393 e. The van der Waals surface area contributed by atoms with Crippen LogP contribution in [0.2, 0.25) is 0 Å². The second-order valence-electron chi connectivity index (χ2n) is 8.76. The van der Waals surface area contributed by atoms with E-state index in [9.17, 15) is 9.90 Å². The molecule has 4 aliphatic carbocycles. The number of hydrogen-bond donors (Lipinski definition) is 2. The highest BCUT2D eigenvalue weighted by Gasteiger charge is 2.59. The van der Waals surface area contributed by atoms with Crippen LogP contribution in [0.1, 0.15) is 61.1 Å². The summed E-state index contributed by atoms with van der Waals surface area (Å²) < 4.78 is 0. The number of hydrogen-bond acceptors (Lipinski definition) is 2. The van der Waals surface area contributed by atoms with Gasteiger partial charge in [-0.05, 0) is 72.5 Å². The average Bonchev–Trinajstić information content (AvgIpc) is 3.08. The second kappa shape index (κ2) is 4.18. The first kappa shape index (κ1) is 14.0. The van der Waals surface area contributed by atoms with Crippen LogP contribution in [0.15, 0.2) is 18.3 Å². The van der Waals surface area contributed by atoms with Crippen molar-refractivity contribution in [3.8, 4) is 0 Å². The Bertz CT molecular complexity index is 732. The molecule has 2 saturated carbocycles. The van der Waals surface area contributed by atoms with E-state index < -0.39 is 0 Å². The molecule has 4 unspecified atom stereocenters. The number of fused-ring (bicyclic) bond motifs is 4. The Morgan fingerprint density at radius 1 is 1.22 bits per heavy atom. The maximum absolute atomic E-state index is 12.2. The van der Waals surface area contributed by atoms with Gasteiger partial charge in [-0.15, -0.1) is 0 Å². The van der Waals surface area contributed by atoms with Gasteiger partial charge in [0.2, 0.25) is 5.78 Å². The summed E-state index contributed by atoms with van der Waals surface area (Å²) in [6.07, 6.45) is 11.4. The summed E-state index contributed by atoms with van der Waals surface area (Å²) in [5.41, 5.74) is 3.52. The van der Waals surface area contributed by atoms with Crippen molar-refractivity contribution in [1.82, 2.24) is 4.98 Å². The van der Waals surface area contributed by atoms with Crippen LogP contribution in [-0.2, 0) is 11.8 Å². The fourth-order valence-electron chi connectivity index (χ4n) is 6.70. The van der Waals surface area contributed by atoms with Gasteiger partial charge in [0.05, 0.1) is 11.8 Å². The molecule has 0 aromatic carbocycles. The molecule has 3 nitrogen and oxygen atoms in total. The number of allylic oxidation sites excluding steroid dienone is 2. The molecule has 0 aliphatic heterocycles. The van der Waals surface area contributed by atoms with E-state index in [0.717, 1.165) is 37.8 Å². The number of nitrogens with one attached hydrogen (secondary N) is 1. The van der Waals surface area contributed by atoms with Crippen molar-refractivity contribution in [2.75, 3.05) is 0 Å². The van der Waals surface area contributed by atoms with Gasteiger partial charge in [-0.25, -0.2) is 0 Å². The minimum atomic E-state index is -0.132. The average molecular weight is 311 g/mol. The second-order valence-corrected chi connectivity index (χ2v) is 8.76. The molecular formula is C20H25NO2. The van der Waals surface area contributed by atoms with Gasteiger partial charge in [0, 0.05) is 11.6 Å². The van der Waals surface area contributed by atoms with Gasteiger partial charge in [0.15, 0.2) is 0 Å². The lowest BCUT2D eigenvalue weighted by molar-refractivity contribution is -0.0486. The maximum Gasteiger partial charge on any atom is 0.202 e. The third-order valence-electron chi connectivity index (χ3n) is 7.94. The molecule has 23 heavy (non-hydrogen) atoms. The number of aliphatic hydroxyl groups excluding tert-OH is 1. The number of aromatic amines is 1. The molecule has 6 atom stereocenters. The Labute approximate surface area is 137 Å². The van der Waals surface area contributed by atoms with Gasteiger partial charge < -0.3 is 10.1 Å². The number of carbonyl (C=O) groups excluding carboxylic acids is 1. The highest BCUT2D eigenvalue weighted by Crippen LogP contribution is 2.63. The zero-order valence-electron chi connectivity index (χ0n) is 13.9. The predicted molar refractivity (Wildman–Crippen MR) is 88.4 cm³/mol. The zero-order chi connectivity index (χ0) is 16.0. The van der Waals surface area contributed by atoms with Crippen LogP contribution in [0.3, 0.4) is 0 Å². The molecular weight excluding hydrogens is 286 g/mol. The van der Waals surface area contributed by atoms with Gasteiger partial charge >= 0.3 is 0 Å². The predicted octanol–water partition coefficient (Wildman–Crippen LogP) is 3.38. The molecule has 0 saturated heterocycles. The van der Waals surface area contributed by atoms with Crippen LogP contribution in [0, 0.1) is 23.2 Å². The molecule has 4 aliphatic rings. The summed E-state index contributed by atoms with van der Waals surface area (Å²) in [5.74, 6) is 1.96. The van der Waals surface area contributed by atoms with E-state index in [1.807, 2.05) is 0 Å². The Morgan fingerprint density at radius 2 is 2.04 bits per heavy atom. The third-order valence-corrected chi connectivity index (χ3v) is 7.94. The maximum atomic E-state index is 12.2. The summed E-state index contributed by atoms with van der Waals surface area (Å²) in [4.78, 5) is 15.5. The lowest BCUT2D eigenvalue weighted by Crippen LogP contribution is -2.52. The monoisotopic (exact) mass is 311 g/mol. The van der Waals surface area contributed by atoms with E-state index in [1.165, 1.54) is 11.1 Å². The van der Waals surface area contributed by atoms with Gasteiger partial charge in [0.1, 0.15) is 0 Å². The van der Waals surface area contributed by atoms with Gasteiger partial charge in [-0.3, -0.25) is 4.79 Å². The molecule has 0 radical (unpaired) electrons. The smallest absolute Gasteiger partial charge is 0.202 e. The number of H-pyrrole nitrogens is 1. The van der Waals surface area contributed by atoms with Crippen LogP contribution < -0.4 is 0 Å². The lowest BCUT2D eigenvalue weighted by atomic mass is 9.48. The number of ketones is 1. The number of aliphatic hydroxyl groups is 1. The van der Waals surface area contributed by atoms with E-state index in [4.69, 9.17) is 0 Å². The van der Waals surface area contributed by atoms with Gasteiger partial charge in [-0.1, -0.05) is 19.9 Å². The quantitative estimate of drug-likeness (QED) is 0.771. The lowest BCUT2D eigenvalue weighted by Gasteiger charge is -2.55.